The Hall–Kier alpha value is -1.71. The highest BCUT2D eigenvalue weighted by Gasteiger charge is 2.26. The molecule has 0 fully saturated rings. The van der Waals surface area contributed by atoms with Crippen LogP contribution in [-0.4, -0.2) is 22.2 Å². The van der Waals surface area contributed by atoms with Crippen molar-refractivity contribution in [2.45, 2.75) is 45.8 Å². The summed E-state index contributed by atoms with van der Waals surface area (Å²) in [6, 6.07) is 14.1. The zero-order chi connectivity index (χ0) is 16.4. The molecular weight excluding hydrogens is 272 g/mol. The Morgan fingerprint density at radius 2 is 1.64 bits per heavy atom. The molecule has 0 aliphatic heterocycles. The van der Waals surface area contributed by atoms with Gasteiger partial charge in [0.25, 0.3) is 0 Å². The van der Waals surface area contributed by atoms with Gasteiger partial charge in [-0.25, -0.2) is 4.98 Å². The first-order valence-electron chi connectivity index (χ1n) is 7.69. The van der Waals surface area contributed by atoms with Gasteiger partial charge in [-0.2, -0.15) is 0 Å². The van der Waals surface area contributed by atoms with E-state index in [1.807, 2.05) is 18.2 Å². The quantitative estimate of drug-likeness (QED) is 0.905. The van der Waals surface area contributed by atoms with Crippen molar-refractivity contribution in [3.8, 4) is 11.3 Å². The Morgan fingerprint density at radius 3 is 2.23 bits per heavy atom. The number of aromatic nitrogens is 1. The number of rotatable bonds is 4. The molecule has 0 aliphatic carbocycles. The molecule has 0 aliphatic rings. The Bertz CT molecular complexity index is 625. The van der Waals surface area contributed by atoms with Gasteiger partial charge in [0.05, 0.1) is 11.4 Å². The Morgan fingerprint density at radius 1 is 1.00 bits per heavy atom. The Kier molecular flexibility index (Phi) is 4.69. The standard InChI is InChI=1S/C19H26N2O/c1-14-9-11-15(12-10-14)16-7-6-8-17(21-16)19(5,22)13-20-18(2,3)4/h6-12,20,22H,13H2,1-5H3/t19-/m1/s1. The minimum Gasteiger partial charge on any atom is -0.383 e. The zero-order valence-electron chi connectivity index (χ0n) is 14.1. The molecule has 2 aromatic rings. The third-order valence-electron chi connectivity index (χ3n) is 3.61. The fraction of sp³-hybridized carbons (Fsp3) is 0.421. The molecule has 1 atom stereocenters. The molecule has 1 aromatic carbocycles. The van der Waals surface area contributed by atoms with Gasteiger partial charge in [-0.1, -0.05) is 35.9 Å². The van der Waals surface area contributed by atoms with Gasteiger partial charge in [-0.15, -0.1) is 0 Å². The number of benzene rings is 1. The van der Waals surface area contributed by atoms with Crippen LogP contribution < -0.4 is 5.32 Å². The maximum Gasteiger partial charge on any atom is 0.116 e. The number of aryl methyl sites for hydroxylation is 1. The predicted octanol–water partition coefficient (Wildman–Crippen LogP) is 3.65. The van der Waals surface area contributed by atoms with E-state index in [1.54, 1.807) is 6.92 Å². The summed E-state index contributed by atoms with van der Waals surface area (Å²) in [5.41, 5.74) is 2.80. The SMILES string of the molecule is Cc1ccc(-c2cccc([C@](C)(O)CNC(C)(C)C)n2)cc1. The molecule has 118 valence electrons. The lowest BCUT2D eigenvalue weighted by Crippen LogP contribution is -2.45. The van der Waals surface area contributed by atoms with Crippen LogP contribution in [0.2, 0.25) is 0 Å². The highest BCUT2D eigenvalue weighted by atomic mass is 16.3. The lowest BCUT2D eigenvalue weighted by atomic mass is 9.98. The normalized spacial score (nSPS) is 14.6. The summed E-state index contributed by atoms with van der Waals surface area (Å²) in [6.07, 6.45) is 0. The van der Waals surface area contributed by atoms with Crippen LogP contribution >= 0.6 is 0 Å². The molecule has 0 saturated carbocycles. The van der Waals surface area contributed by atoms with E-state index >= 15 is 0 Å². The lowest BCUT2D eigenvalue weighted by Gasteiger charge is -2.29. The predicted molar refractivity (Wildman–Crippen MR) is 91.7 cm³/mol. The number of β-amino-alcohol motifs (C(OH)–C–C–N with tert-alkyl or cyclic N) is 1. The van der Waals surface area contributed by atoms with Crippen molar-refractivity contribution in [2.75, 3.05) is 6.54 Å². The first-order chi connectivity index (χ1) is 10.2. The highest BCUT2D eigenvalue weighted by Crippen LogP contribution is 2.23. The van der Waals surface area contributed by atoms with Crippen LogP contribution in [0.4, 0.5) is 0 Å². The van der Waals surface area contributed by atoms with E-state index in [9.17, 15) is 5.11 Å². The zero-order valence-corrected chi connectivity index (χ0v) is 14.1. The van der Waals surface area contributed by atoms with Crippen molar-refractivity contribution in [3.63, 3.8) is 0 Å². The second-order valence-corrected chi connectivity index (χ2v) is 7.15. The van der Waals surface area contributed by atoms with E-state index in [0.717, 1.165) is 11.3 Å². The van der Waals surface area contributed by atoms with E-state index in [2.05, 4.69) is 62.3 Å². The first kappa shape index (κ1) is 16.7. The third kappa shape index (κ3) is 4.39. The summed E-state index contributed by atoms with van der Waals surface area (Å²) in [5.74, 6) is 0. The van der Waals surface area contributed by atoms with Crippen LogP contribution in [0.15, 0.2) is 42.5 Å². The molecule has 0 unspecified atom stereocenters. The number of hydrogen-bond acceptors (Lipinski definition) is 3. The van der Waals surface area contributed by atoms with E-state index in [-0.39, 0.29) is 5.54 Å². The van der Waals surface area contributed by atoms with Gasteiger partial charge >= 0.3 is 0 Å². The smallest absolute Gasteiger partial charge is 0.116 e. The van der Waals surface area contributed by atoms with Gasteiger partial charge in [-0.05, 0) is 46.8 Å². The molecule has 0 spiro atoms. The van der Waals surface area contributed by atoms with Crippen molar-refractivity contribution in [3.05, 3.63) is 53.7 Å². The van der Waals surface area contributed by atoms with E-state index in [0.29, 0.717) is 12.2 Å². The molecule has 0 saturated heterocycles. The molecule has 2 N–H and O–H groups in total. The summed E-state index contributed by atoms with van der Waals surface area (Å²) >= 11 is 0. The van der Waals surface area contributed by atoms with Crippen LogP contribution in [0.1, 0.15) is 39.0 Å². The molecule has 22 heavy (non-hydrogen) atoms. The molecule has 1 aromatic heterocycles. The number of nitrogens with one attached hydrogen (secondary N) is 1. The van der Waals surface area contributed by atoms with Crippen LogP contribution in [0, 0.1) is 6.92 Å². The lowest BCUT2D eigenvalue weighted by molar-refractivity contribution is 0.0460. The van der Waals surface area contributed by atoms with Crippen molar-refractivity contribution >= 4 is 0 Å². The van der Waals surface area contributed by atoms with Gasteiger partial charge in [0.2, 0.25) is 0 Å². The topological polar surface area (TPSA) is 45.1 Å². The van der Waals surface area contributed by atoms with Crippen molar-refractivity contribution < 1.29 is 5.11 Å². The van der Waals surface area contributed by atoms with E-state index < -0.39 is 5.60 Å². The summed E-state index contributed by atoms with van der Waals surface area (Å²) in [6.45, 7) is 10.6. The number of nitrogens with zero attached hydrogens (tertiary/aromatic N) is 1. The largest absolute Gasteiger partial charge is 0.383 e. The molecule has 2 rings (SSSR count). The molecule has 3 nitrogen and oxygen atoms in total. The Balaban J connectivity index is 2.25. The van der Waals surface area contributed by atoms with Gasteiger partial charge in [0, 0.05) is 17.6 Å². The summed E-state index contributed by atoms with van der Waals surface area (Å²) in [5, 5.41) is 14.1. The molecule has 0 radical (unpaired) electrons. The van der Waals surface area contributed by atoms with Crippen molar-refractivity contribution in [2.24, 2.45) is 0 Å². The van der Waals surface area contributed by atoms with E-state index in [4.69, 9.17) is 0 Å². The molecule has 0 bridgehead atoms. The van der Waals surface area contributed by atoms with Crippen LogP contribution in [0.5, 0.6) is 0 Å². The summed E-state index contributed by atoms with van der Waals surface area (Å²) < 4.78 is 0. The van der Waals surface area contributed by atoms with Gasteiger partial charge < -0.3 is 10.4 Å². The number of pyridine rings is 1. The second kappa shape index (κ2) is 6.19. The maximum absolute atomic E-state index is 10.7. The number of aliphatic hydroxyl groups is 1. The minimum absolute atomic E-state index is 0.0431. The van der Waals surface area contributed by atoms with Crippen LogP contribution in [-0.2, 0) is 5.60 Å². The summed E-state index contributed by atoms with van der Waals surface area (Å²) in [4.78, 5) is 4.66. The number of hydrogen-bond donors (Lipinski definition) is 2. The highest BCUT2D eigenvalue weighted by molar-refractivity contribution is 5.59. The van der Waals surface area contributed by atoms with Crippen LogP contribution in [0.3, 0.4) is 0 Å². The summed E-state index contributed by atoms with van der Waals surface area (Å²) in [7, 11) is 0. The minimum atomic E-state index is -1.01. The molecule has 0 amide bonds. The van der Waals surface area contributed by atoms with Gasteiger partial charge in [0.15, 0.2) is 0 Å². The third-order valence-corrected chi connectivity index (χ3v) is 3.61. The van der Waals surface area contributed by atoms with Gasteiger partial charge in [-0.3, -0.25) is 0 Å². The monoisotopic (exact) mass is 298 g/mol. The average molecular weight is 298 g/mol. The van der Waals surface area contributed by atoms with E-state index in [1.165, 1.54) is 5.56 Å². The molecular formula is C19H26N2O. The fourth-order valence-electron chi connectivity index (χ4n) is 2.15. The Labute approximate surface area is 133 Å². The fourth-order valence-corrected chi connectivity index (χ4v) is 2.15. The van der Waals surface area contributed by atoms with Gasteiger partial charge in [0.1, 0.15) is 5.60 Å². The molecule has 3 heteroatoms. The molecule has 1 heterocycles. The average Bonchev–Trinajstić information content (AvgIpc) is 2.46. The second-order valence-electron chi connectivity index (χ2n) is 7.15. The first-order valence-corrected chi connectivity index (χ1v) is 7.69. The maximum atomic E-state index is 10.7. The van der Waals surface area contributed by atoms with Crippen molar-refractivity contribution in [1.82, 2.24) is 10.3 Å². The van der Waals surface area contributed by atoms with Crippen LogP contribution in [0.25, 0.3) is 11.3 Å². The van der Waals surface area contributed by atoms with Crippen molar-refractivity contribution in [1.29, 1.82) is 0 Å².